The Labute approximate surface area is 258 Å². The van der Waals surface area contributed by atoms with Gasteiger partial charge in [-0.25, -0.2) is 0 Å². The lowest BCUT2D eigenvalue weighted by atomic mass is 9.95. The number of hydrogen-bond donors (Lipinski definition) is 1. The highest BCUT2D eigenvalue weighted by molar-refractivity contribution is 6.14. The van der Waals surface area contributed by atoms with Gasteiger partial charge in [-0.1, -0.05) is 133 Å². The number of nitrogens with zero attached hydrogens (tertiary/aromatic N) is 1. The molecule has 3 rings (SSSR count). The number of aliphatic hydroxyl groups is 1. The molecule has 1 N–H and O–H groups in total. The first-order valence-corrected chi connectivity index (χ1v) is 16.2. The van der Waals surface area contributed by atoms with E-state index in [1.54, 1.807) is 37.3 Å². The summed E-state index contributed by atoms with van der Waals surface area (Å²) in [6.07, 6.45) is 20.6. The van der Waals surface area contributed by atoms with Crippen LogP contribution < -0.4 is 9.47 Å². The third-order valence-electron chi connectivity index (χ3n) is 8.27. The van der Waals surface area contributed by atoms with Crippen molar-refractivity contribution in [2.45, 2.75) is 103 Å². The van der Waals surface area contributed by atoms with Gasteiger partial charge in [-0.05, 0) is 35.8 Å². The summed E-state index contributed by atoms with van der Waals surface area (Å²) < 4.78 is 10.9. The van der Waals surface area contributed by atoms with Crippen LogP contribution in [-0.2, 0) is 9.59 Å². The van der Waals surface area contributed by atoms with E-state index in [1.807, 2.05) is 36.4 Å². The number of carbonyl (C=O) groups excluding carboxylic acids is 2. The molecular formula is C37H51NO5. The molecule has 0 aliphatic carbocycles. The van der Waals surface area contributed by atoms with Gasteiger partial charge >= 0.3 is 0 Å². The number of carbonyl (C=O) groups is 2. The van der Waals surface area contributed by atoms with Gasteiger partial charge in [0.25, 0.3) is 5.91 Å². The second-order valence-corrected chi connectivity index (χ2v) is 11.5. The van der Waals surface area contributed by atoms with E-state index >= 15 is 0 Å². The monoisotopic (exact) mass is 589 g/mol. The molecule has 1 atom stereocenters. The fourth-order valence-corrected chi connectivity index (χ4v) is 5.81. The average molecular weight is 590 g/mol. The molecule has 2 aromatic rings. The molecule has 0 saturated heterocycles. The van der Waals surface area contributed by atoms with Gasteiger partial charge in [-0.2, -0.15) is 0 Å². The molecule has 0 radical (unpaired) electrons. The lowest BCUT2D eigenvalue weighted by molar-refractivity contribution is -0.129. The van der Waals surface area contributed by atoms with Crippen molar-refractivity contribution in [2.75, 3.05) is 20.8 Å². The Morgan fingerprint density at radius 3 is 1.91 bits per heavy atom. The molecule has 1 aliphatic heterocycles. The van der Waals surface area contributed by atoms with Crippen molar-refractivity contribution >= 4 is 17.8 Å². The summed E-state index contributed by atoms with van der Waals surface area (Å²) in [4.78, 5) is 28.4. The number of methoxy groups -OCH3 is 2. The van der Waals surface area contributed by atoms with E-state index in [1.165, 1.54) is 76.7 Å². The van der Waals surface area contributed by atoms with Crippen molar-refractivity contribution in [1.82, 2.24) is 4.90 Å². The molecule has 234 valence electrons. The molecule has 0 spiro atoms. The van der Waals surface area contributed by atoms with Gasteiger partial charge in [0.2, 0.25) is 0 Å². The first kappa shape index (κ1) is 34.0. The predicted molar refractivity (Wildman–Crippen MR) is 174 cm³/mol. The summed E-state index contributed by atoms with van der Waals surface area (Å²) in [5.74, 6) is -0.321. The zero-order valence-corrected chi connectivity index (χ0v) is 26.5. The zero-order valence-electron chi connectivity index (χ0n) is 26.5. The number of hydrogen-bond acceptors (Lipinski definition) is 5. The van der Waals surface area contributed by atoms with Gasteiger partial charge in [0.05, 0.1) is 25.8 Å². The molecule has 0 saturated carbocycles. The van der Waals surface area contributed by atoms with E-state index in [9.17, 15) is 14.7 Å². The number of allylic oxidation sites excluding steroid dienone is 1. The first-order chi connectivity index (χ1) is 21.0. The van der Waals surface area contributed by atoms with Crippen molar-refractivity contribution in [3.63, 3.8) is 0 Å². The molecule has 6 heteroatoms. The fraction of sp³-hybridized carbons (Fsp3) is 0.514. The van der Waals surface area contributed by atoms with Crippen molar-refractivity contribution < 1.29 is 24.2 Å². The molecule has 43 heavy (non-hydrogen) atoms. The van der Waals surface area contributed by atoms with E-state index in [-0.39, 0.29) is 5.57 Å². The molecule has 1 amide bonds. The number of aliphatic hydroxyl groups excluding tert-OH is 1. The van der Waals surface area contributed by atoms with Crippen molar-refractivity contribution in [1.29, 1.82) is 0 Å². The van der Waals surface area contributed by atoms with E-state index in [4.69, 9.17) is 9.47 Å². The highest BCUT2D eigenvalue weighted by atomic mass is 16.5. The number of amides is 1. The number of ketones is 1. The average Bonchev–Trinajstić information content (AvgIpc) is 3.29. The summed E-state index contributed by atoms with van der Waals surface area (Å²) in [6, 6.07) is 14.1. The lowest BCUT2D eigenvalue weighted by Crippen LogP contribution is -2.32. The summed E-state index contributed by atoms with van der Waals surface area (Å²) in [5, 5.41) is 10.9. The molecule has 0 unspecified atom stereocenters. The minimum atomic E-state index is -0.706. The van der Waals surface area contributed by atoms with Gasteiger partial charge < -0.3 is 19.5 Å². The van der Waals surface area contributed by atoms with Crippen LogP contribution in [-0.4, -0.2) is 42.5 Å². The molecule has 1 heterocycles. The van der Waals surface area contributed by atoms with Gasteiger partial charge in [-0.15, -0.1) is 0 Å². The summed E-state index contributed by atoms with van der Waals surface area (Å²) in [6.45, 7) is 2.72. The fourth-order valence-electron chi connectivity index (χ4n) is 5.81. The van der Waals surface area contributed by atoms with Crippen molar-refractivity contribution in [2.24, 2.45) is 0 Å². The van der Waals surface area contributed by atoms with Crippen molar-refractivity contribution in [3.8, 4) is 11.5 Å². The van der Waals surface area contributed by atoms with E-state index in [2.05, 4.69) is 6.92 Å². The smallest absolute Gasteiger partial charge is 0.290 e. The number of ether oxygens (including phenoxy) is 2. The Kier molecular flexibility index (Phi) is 14.9. The minimum Gasteiger partial charge on any atom is -0.503 e. The van der Waals surface area contributed by atoms with Crippen LogP contribution in [0.3, 0.4) is 0 Å². The Hall–Kier alpha value is -3.54. The summed E-state index contributed by atoms with van der Waals surface area (Å²) in [5.41, 5.74) is 1.65. The molecule has 1 aliphatic rings. The van der Waals surface area contributed by atoms with Crippen LogP contribution in [0.15, 0.2) is 65.9 Å². The predicted octanol–water partition coefficient (Wildman–Crippen LogP) is 9.16. The largest absolute Gasteiger partial charge is 0.503 e. The first-order valence-electron chi connectivity index (χ1n) is 16.2. The topological polar surface area (TPSA) is 76.1 Å². The third-order valence-corrected chi connectivity index (χ3v) is 8.27. The maximum Gasteiger partial charge on any atom is 0.290 e. The second-order valence-electron chi connectivity index (χ2n) is 11.5. The highest BCUT2D eigenvalue weighted by Gasteiger charge is 2.42. The van der Waals surface area contributed by atoms with Gasteiger partial charge in [0.1, 0.15) is 0 Å². The molecule has 0 bridgehead atoms. The van der Waals surface area contributed by atoms with Crippen LogP contribution >= 0.6 is 0 Å². The van der Waals surface area contributed by atoms with E-state index in [0.717, 1.165) is 24.8 Å². The number of benzene rings is 2. The zero-order chi connectivity index (χ0) is 30.9. The van der Waals surface area contributed by atoms with Gasteiger partial charge in [0.15, 0.2) is 23.0 Å². The molecule has 6 nitrogen and oxygen atoms in total. The van der Waals surface area contributed by atoms with Crippen LogP contribution in [0.5, 0.6) is 11.5 Å². The van der Waals surface area contributed by atoms with Crippen LogP contribution in [0.25, 0.3) is 6.08 Å². The second kappa shape index (κ2) is 18.9. The van der Waals surface area contributed by atoms with E-state index < -0.39 is 23.5 Å². The van der Waals surface area contributed by atoms with Crippen LogP contribution in [0.1, 0.15) is 114 Å². The van der Waals surface area contributed by atoms with Gasteiger partial charge in [-0.3, -0.25) is 9.59 Å². The SMILES string of the molecule is CCCCCCCCCCCCCCCCN1C(=O)C(O)=C(C(=O)/C=C/c2ccccc2)[C@@H]1c1ccc(OC)c(OC)c1. The summed E-state index contributed by atoms with van der Waals surface area (Å²) in [7, 11) is 3.11. The van der Waals surface area contributed by atoms with Crippen LogP contribution in [0, 0.1) is 0 Å². The number of unbranched alkanes of at least 4 members (excludes halogenated alkanes) is 13. The normalized spacial score (nSPS) is 15.1. The Morgan fingerprint density at radius 2 is 1.35 bits per heavy atom. The lowest BCUT2D eigenvalue weighted by Gasteiger charge is -2.27. The van der Waals surface area contributed by atoms with Gasteiger partial charge in [0, 0.05) is 6.54 Å². The maximum atomic E-state index is 13.4. The number of rotatable bonds is 21. The van der Waals surface area contributed by atoms with Crippen LogP contribution in [0.4, 0.5) is 0 Å². The molecule has 2 aromatic carbocycles. The molecule has 0 aromatic heterocycles. The van der Waals surface area contributed by atoms with Crippen molar-refractivity contribution in [3.05, 3.63) is 77.1 Å². The molecule has 0 fully saturated rings. The van der Waals surface area contributed by atoms with E-state index in [0.29, 0.717) is 23.6 Å². The molecular weight excluding hydrogens is 538 g/mol. The standard InChI is InChI=1S/C37H51NO5/c1-4-5-6-7-8-9-10-11-12-13-14-15-16-20-27-38-35(30-24-26-32(42-2)33(28-30)43-3)34(36(40)37(38)41)31(39)25-23-29-21-18-17-19-22-29/h17-19,21-26,28,35,40H,4-16,20,27H2,1-3H3/b25-23+/t35-/m0/s1. The quantitative estimate of drug-likeness (QED) is 0.116. The third kappa shape index (κ3) is 10.3. The van der Waals surface area contributed by atoms with Crippen LogP contribution in [0.2, 0.25) is 0 Å². The highest BCUT2D eigenvalue weighted by Crippen LogP contribution is 2.41. The maximum absolute atomic E-state index is 13.4. The summed E-state index contributed by atoms with van der Waals surface area (Å²) >= 11 is 0. The Bertz CT molecular complexity index is 1200. The Balaban J connectivity index is 1.58. The Morgan fingerprint density at radius 1 is 0.791 bits per heavy atom. The minimum absolute atomic E-state index is 0.0924.